The van der Waals surface area contributed by atoms with Crippen molar-refractivity contribution in [1.29, 1.82) is 0 Å². The topological polar surface area (TPSA) is 52.5 Å². The third-order valence-electron chi connectivity index (χ3n) is 4.10. The molecule has 0 atom stereocenters. The first-order valence-electron chi connectivity index (χ1n) is 8.82. The Kier molecular flexibility index (Phi) is 10.6. The molecular weight excluding hydrogens is 490 g/mol. The first-order valence-corrected chi connectivity index (χ1v) is 9.70. The summed E-state index contributed by atoms with van der Waals surface area (Å²) in [6.45, 7) is 9.83. The minimum absolute atomic E-state index is 0. The van der Waals surface area contributed by atoms with Crippen molar-refractivity contribution in [3.05, 3.63) is 28.7 Å². The van der Waals surface area contributed by atoms with Crippen molar-refractivity contribution < 1.29 is 13.2 Å². The van der Waals surface area contributed by atoms with Crippen molar-refractivity contribution in [2.24, 2.45) is 4.99 Å². The van der Waals surface area contributed by atoms with Crippen LogP contribution < -0.4 is 10.6 Å². The lowest BCUT2D eigenvalue weighted by molar-refractivity contribution is -0.140. The van der Waals surface area contributed by atoms with Crippen LogP contribution in [0.2, 0.25) is 0 Å². The lowest BCUT2D eigenvalue weighted by atomic mass is 10.1. The number of aromatic nitrogens is 1. The van der Waals surface area contributed by atoms with E-state index in [1.54, 1.807) is 0 Å². The van der Waals surface area contributed by atoms with Crippen molar-refractivity contribution in [3.63, 3.8) is 0 Å². The Morgan fingerprint density at radius 3 is 2.70 bits per heavy atom. The highest BCUT2D eigenvalue weighted by atomic mass is 127. The molecule has 1 aliphatic heterocycles. The van der Waals surface area contributed by atoms with Crippen LogP contribution in [0.25, 0.3) is 0 Å². The van der Waals surface area contributed by atoms with E-state index < -0.39 is 11.9 Å². The van der Waals surface area contributed by atoms with Crippen LogP contribution >= 0.6 is 35.3 Å². The fourth-order valence-corrected chi connectivity index (χ4v) is 3.57. The summed E-state index contributed by atoms with van der Waals surface area (Å²) in [7, 11) is 0. The molecule has 10 heteroatoms. The van der Waals surface area contributed by atoms with Crippen LogP contribution in [-0.2, 0) is 12.6 Å². The number of nitrogens with zero attached hydrogens (tertiary/aromatic N) is 3. The predicted octanol–water partition coefficient (Wildman–Crippen LogP) is 3.53. The Labute approximate surface area is 179 Å². The van der Waals surface area contributed by atoms with E-state index >= 15 is 0 Å². The number of piperidine rings is 1. The van der Waals surface area contributed by atoms with Crippen LogP contribution in [0.4, 0.5) is 13.2 Å². The number of hydrogen-bond acceptors (Lipinski definition) is 4. The highest BCUT2D eigenvalue weighted by Crippen LogP contribution is 2.30. The number of hydrogen-bond donors (Lipinski definition) is 2. The van der Waals surface area contributed by atoms with Gasteiger partial charge in [0.2, 0.25) is 0 Å². The molecule has 1 aliphatic rings. The Morgan fingerprint density at radius 2 is 2.15 bits per heavy atom. The maximum atomic E-state index is 12.6. The van der Waals surface area contributed by atoms with Gasteiger partial charge in [-0.1, -0.05) is 6.08 Å². The molecule has 0 aliphatic carbocycles. The van der Waals surface area contributed by atoms with Crippen molar-refractivity contribution in [3.8, 4) is 0 Å². The molecular formula is C17H27F3IN5S. The second-order valence-corrected chi connectivity index (χ2v) is 7.09. The number of rotatable bonds is 7. The second-order valence-electron chi connectivity index (χ2n) is 6.14. The predicted molar refractivity (Wildman–Crippen MR) is 115 cm³/mol. The Balaban J connectivity index is 0.00000364. The van der Waals surface area contributed by atoms with E-state index in [4.69, 9.17) is 0 Å². The molecule has 1 saturated heterocycles. The van der Waals surface area contributed by atoms with Gasteiger partial charge >= 0.3 is 6.18 Å². The Hall–Kier alpha value is -0.880. The lowest BCUT2D eigenvalue weighted by Gasteiger charge is -2.32. The third-order valence-corrected chi connectivity index (χ3v) is 5.01. The first-order chi connectivity index (χ1) is 12.4. The summed E-state index contributed by atoms with van der Waals surface area (Å²) < 4.78 is 37.7. The molecule has 0 amide bonds. The number of nitrogens with one attached hydrogen (secondary N) is 2. The highest BCUT2D eigenvalue weighted by molar-refractivity contribution is 14.0. The molecule has 154 valence electrons. The van der Waals surface area contributed by atoms with Crippen LogP contribution in [0.1, 0.15) is 30.5 Å². The van der Waals surface area contributed by atoms with E-state index in [2.05, 4.69) is 32.1 Å². The largest absolute Gasteiger partial charge is 0.434 e. The Morgan fingerprint density at radius 1 is 1.44 bits per heavy atom. The van der Waals surface area contributed by atoms with E-state index in [-0.39, 0.29) is 24.0 Å². The van der Waals surface area contributed by atoms with Crippen molar-refractivity contribution in [2.45, 2.75) is 38.4 Å². The van der Waals surface area contributed by atoms with Gasteiger partial charge in [-0.3, -0.25) is 9.89 Å². The fraction of sp³-hybridized carbons (Fsp3) is 0.647. The molecule has 2 N–H and O–H groups in total. The summed E-state index contributed by atoms with van der Waals surface area (Å²) in [5.41, 5.74) is -0.821. The maximum Gasteiger partial charge on any atom is 0.434 e. The zero-order valence-electron chi connectivity index (χ0n) is 15.4. The molecule has 0 bridgehead atoms. The highest BCUT2D eigenvalue weighted by Gasteiger charge is 2.33. The van der Waals surface area contributed by atoms with Gasteiger partial charge in [0.1, 0.15) is 0 Å². The van der Waals surface area contributed by atoms with Gasteiger partial charge < -0.3 is 10.6 Å². The van der Waals surface area contributed by atoms with E-state index in [0.29, 0.717) is 30.0 Å². The number of halogens is 4. The standard InChI is InChI=1S/C17H26F3N5S.HI/c1-3-9-25-10-6-13(7-11-25)23-16(21-4-2)22-8-5-15-24-14(12-26-15)17(18,19)20;/h3,12-13H,1,4-11H2,2H3,(H2,21,22,23);1H. The summed E-state index contributed by atoms with van der Waals surface area (Å²) in [6, 6.07) is 0.352. The monoisotopic (exact) mass is 517 g/mol. The number of likely N-dealkylation sites (tertiary alicyclic amines) is 1. The van der Waals surface area contributed by atoms with Gasteiger partial charge in [-0.2, -0.15) is 13.2 Å². The smallest absolute Gasteiger partial charge is 0.357 e. The molecule has 1 aromatic rings. The summed E-state index contributed by atoms with van der Waals surface area (Å²) in [4.78, 5) is 10.5. The van der Waals surface area contributed by atoms with Gasteiger partial charge in [0.25, 0.3) is 0 Å². The van der Waals surface area contributed by atoms with E-state index in [9.17, 15) is 13.2 Å². The van der Waals surface area contributed by atoms with Crippen LogP contribution in [-0.4, -0.2) is 54.6 Å². The summed E-state index contributed by atoms with van der Waals surface area (Å²) in [5.74, 6) is 0.710. The van der Waals surface area contributed by atoms with Gasteiger partial charge in [-0.05, 0) is 19.8 Å². The quantitative estimate of drug-likeness (QED) is 0.252. The average Bonchev–Trinajstić information content (AvgIpc) is 3.06. The fourth-order valence-electron chi connectivity index (χ4n) is 2.78. The molecule has 27 heavy (non-hydrogen) atoms. The molecule has 5 nitrogen and oxygen atoms in total. The molecule has 1 aromatic heterocycles. The van der Waals surface area contributed by atoms with Crippen molar-refractivity contribution in [2.75, 3.05) is 32.7 Å². The van der Waals surface area contributed by atoms with Crippen LogP contribution in [0, 0.1) is 0 Å². The minimum atomic E-state index is -4.38. The molecule has 0 unspecified atom stereocenters. The molecule has 0 saturated carbocycles. The second kappa shape index (κ2) is 11.8. The third kappa shape index (κ3) is 8.34. The molecule has 2 heterocycles. The molecule has 0 spiro atoms. The molecule has 2 rings (SSSR count). The number of thiazole rings is 1. The average molecular weight is 517 g/mol. The van der Waals surface area contributed by atoms with Gasteiger partial charge in [0, 0.05) is 50.6 Å². The van der Waals surface area contributed by atoms with Crippen LogP contribution in [0.5, 0.6) is 0 Å². The molecule has 1 fully saturated rings. The zero-order valence-corrected chi connectivity index (χ0v) is 18.5. The number of aliphatic imine (C=N–C) groups is 1. The summed E-state index contributed by atoms with van der Waals surface area (Å²) in [6.07, 6.45) is -0.00842. The van der Waals surface area contributed by atoms with Crippen molar-refractivity contribution in [1.82, 2.24) is 20.5 Å². The van der Waals surface area contributed by atoms with Gasteiger partial charge in [-0.25, -0.2) is 4.98 Å². The summed E-state index contributed by atoms with van der Waals surface area (Å²) >= 11 is 1.03. The zero-order chi connectivity index (χ0) is 19.0. The number of guanidine groups is 1. The molecule has 0 aromatic carbocycles. The summed E-state index contributed by atoms with van der Waals surface area (Å²) in [5, 5.41) is 8.13. The van der Waals surface area contributed by atoms with E-state index in [1.807, 2.05) is 13.0 Å². The normalized spacial score (nSPS) is 16.7. The Bertz CT molecular complexity index is 598. The van der Waals surface area contributed by atoms with E-state index in [0.717, 1.165) is 55.7 Å². The van der Waals surface area contributed by atoms with Gasteiger partial charge in [0.15, 0.2) is 11.7 Å². The van der Waals surface area contributed by atoms with E-state index in [1.165, 1.54) is 0 Å². The minimum Gasteiger partial charge on any atom is -0.357 e. The van der Waals surface area contributed by atoms with Crippen LogP contribution in [0.15, 0.2) is 23.0 Å². The SMILES string of the molecule is C=CCN1CCC(NC(=NCCc2nc(C(F)(F)F)cs2)NCC)CC1.I. The first kappa shape index (κ1) is 24.2. The molecule has 0 radical (unpaired) electrons. The van der Waals surface area contributed by atoms with Gasteiger partial charge in [0.05, 0.1) is 5.01 Å². The van der Waals surface area contributed by atoms with Crippen LogP contribution in [0.3, 0.4) is 0 Å². The van der Waals surface area contributed by atoms with Gasteiger partial charge in [-0.15, -0.1) is 41.9 Å². The lowest BCUT2D eigenvalue weighted by Crippen LogP contribution is -2.48. The van der Waals surface area contributed by atoms with Crippen molar-refractivity contribution >= 4 is 41.3 Å². The maximum absolute atomic E-state index is 12.6. The number of alkyl halides is 3.